The van der Waals surface area contributed by atoms with E-state index < -0.39 is 0 Å². The predicted octanol–water partition coefficient (Wildman–Crippen LogP) is 2.98. The minimum Gasteiger partial charge on any atom is -0.296 e. The predicted molar refractivity (Wildman–Crippen MR) is 66.4 cm³/mol. The fourth-order valence-electron chi connectivity index (χ4n) is 2.93. The summed E-state index contributed by atoms with van der Waals surface area (Å²) in [6.45, 7) is 0. The third kappa shape index (κ3) is 1.57. The molecule has 0 aliphatic carbocycles. The molecular formula is C13H15ClN2. The molecule has 0 amide bonds. The van der Waals surface area contributed by atoms with Gasteiger partial charge in [-0.15, -0.1) is 0 Å². The van der Waals surface area contributed by atoms with Gasteiger partial charge in [-0.05, 0) is 43.5 Å². The Labute approximate surface area is 101 Å². The van der Waals surface area contributed by atoms with Gasteiger partial charge in [-0.3, -0.25) is 4.90 Å². The molecule has 1 fully saturated rings. The molecule has 0 unspecified atom stereocenters. The highest BCUT2D eigenvalue weighted by atomic mass is 35.5. The molecular weight excluding hydrogens is 220 g/mol. The zero-order chi connectivity index (χ0) is 11.1. The molecule has 2 aliphatic heterocycles. The van der Waals surface area contributed by atoms with Crippen LogP contribution in [0.2, 0.25) is 5.15 Å². The third-order valence-corrected chi connectivity index (χ3v) is 4.09. The van der Waals surface area contributed by atoms with E-state index >= 15 is 0 Å². The normalized spacial score (nSPS) is 29.2. The van der Waals surface area contributed by atoms with Crippen molar-refractivity contribution in [2.24, 2.45) is 0 Å². The molecule has 1 aromatic heterocycles. The van der Waals surface area contributed by atoms with Gasteiger partial charge in [0.25, 0.3) is 0 Å². The maximum Gasteiger partial charge on any atom is 0.129 e. The maximum atomic E-state index is 5.82. The fourth-order valence-corrected chi connectivity index (χ4v) is 3.04. The van der Waals surface area contributed by atoms with Crippen molar-refractivity contribution in [2.45, 2.75) is 31.3 Å². The summed E-state index contributed by atoms with van der Waals surface area (Å²) in [4.78, 5) is 6.67. The lowest BCUT2D eigenvalue weighted by molar-refractivity contribution is 0.267. The summed E-state index contributed by atoms with van der Waals surface area (Å²) in [7, 11) is 2.23. The van der Waals surface area contributed by atoms with Crippen LogP contribution < -0.4 is 0 Å². The van der Waals surface area contributed by atoms with E-state index in [9.17, 15) is 0 Å². The van der Waals surface area contributed by atoms with Gasteiger partial charge in [0.1, 0.15) is 5.15 Å². The quantitative estimate of drug-likeness (QED) is 0.695. The molecule has 2 bridgehead atoms. The highest BCUT2D eigenvalue weighted by molar-refractivity contribution is 6.29. The summed E-state index contributed by atoms with van der Waals surface area (Å²) in [5.74, 6) is 0. The average Bonchev–Trinajstić information content (AvgIpc) is 2.52. The molecule has 0 N–H and O–H groups in total. The number of hydrogen-bond acceptors (Lipinski definition) is 2. The molecule has 1 aromatic rings. The Bertz CT molecular complexity index is 424. The SMILES string of the molecule is CN1[C@@H]2CC=C(c3ccc(Cl)nc3)[C@H]1CC2. The van der Waals surface area contributed by atoms with Crippen molar-refractivity contribution in [3.05, 3.63) is 35.1 Å². The van der Waals surface area contributed by atoms with Crippen molar-refractivity contribution in [3.63, 3.8) is 0 Å². The highest BCUT2D eigenvalue weighted by Gasteiger charge is 2.35. The van der Waals surface area contributed by atoms with E-state index in [-0.39, 0.29) is 0 Å². The number of pyridine rings is 1. The first kappa shape index (κ1) is 10.3. The molecule has 2 nitrogen and oxygen atoms in total. The second-order valence-corrected chi connectivity index (χ2v) is 5.06. The van der Waals surface area contributed by atoms with Crippen LogP contribution in [0.25, 0.3) is 5.57 Å². The van der Waals surface area contributed by atoms with E-state index in [1.807, 2.05) is 12.3 Å². The number of nitrogens with zero attached hydrogens (tertiary/aromatic N) is 2. The summed E-state index contributed by atoms with van der Waals surface area (Å²) < 4.78 is 0. The first-order valence-electron chi connectivity index (χ1n) is 5.79. The van der Waals surface area contributed by atoms with E-state index in [2.05, 4.69) is 29.1 Å². The minimum atomic E-state index is 0.567. The Morgan fingerprint density at radius 3 is 3.00 bits per heavy atom. The summed E-state index contributed by atoms with van der Waals surface area (Å²) in [5.41, 5.74) is 2.65. The summed E-state index contributed by atoms with van der Waals surface area (Å²) >= 11 is 5.82. The second kappa shape index (κ2) is 3.86. The van der Waals surface area contributed by atoms with Crippen LogP contribution >= 0.6 is 11.6 Å². The van der Waals surface area contributed by atoms with Crippen molar-refractivity contribution in [1.29, 1.82) is 0 Å². The largest absolute Gasteiger partial charge is 0.296 e. The number of halogens is 1. The van der Waals surface area contributed by atoms with E-state index in [0.717, 1.165) is 6.04 Å². The summed E-state index contributed by atoms with van der Waals surface area (Å²) in [5, 5.41) is 0.567. The van der Waals surface area contributed by atoms with Crippen LogP contribution in [0, 0.1) is 0 Å². The smallest absolute Gasteiger partial charge is 0.129 e. The monoisotopic (exact) mass is 234 g/mol. The van der Waals surface area contributed by atoms with Crippen LogP contribution in [-0.4, -0.2) is 29.0 Å². The highest BCUT2D eigenvalue weighted by Crippen LogP contribution is 2.38. The lowest BCUT2D eigenvalue weighted by atomic mass is 9.96. The van der Waals surface area contributed by atoms with Gasteiger partial charge < -0.3 is 0 Å². The van der Waals surface area contributed by atoms with Gasteiger partial charge in [0, 0.05) is 18.3 Å². The van der Waals surface area contributed by atoms with Crippen LogP contribution in [-0.2, 0) is 0 Å². The maximum absolute atomic E-state index is 5.82. The number of aromatic nitrogens is 1. The topological polar surface area (TPSA) is 16.1 Å². The Balaban J connectivity index is 1.95. The molecule has 0 radical (unpaired) electrons. The molecule has 0 saturated carbocycles. The molecule has 3 rings (SSSR count). The van der Waals surface area contributed by atoms with E-state index in [1.165, 1.54) is 30.4 Å². The average molecular weight is 235 g/mol. The van der Waals surface area contributed by atoms with Crippen molar-refractivity contribution in [2.75, 3.05) is 7.05 Å². The zero-order valence-electron chi connectivity index (χ0n) is 9.36. The van der Waals surface area contributed by atoms with E-state index in [0.29, 0.717) is 11.2 Å². The van der Waals surface area contributed by atoms with Crippen LogP contribution in [0.5, 0.6) is 0 Å². The standard InChI is InChI=1S/C13H15ClN2/c1-16-10-3-5-11(12(16)6-4-10)9-2-7-13(14)15-8-9/h2,5,7-8,10,12H,3-4,6H2,1H3/t10-,12-/m1/s1. The van der Waals surface area contributed by atoms with Gasteiger partial charge in [-0.2, -0.15) is 0 Å². The number of fused-ring (bicyclic) bond motifs is 2. The number of likely N-dealkylation sites (N-methyl/N-ethyl adjacent to an activating group) is 1. The molecule has 3 heteroatoms. The van der Waals surface area contributed by atoms with Gasteiger partial charge in [0.15, 0.2) is 0 Å². The number of hydrogen-bond donors (Lipinski definition) is 0. The molecule has 16 heavy (non-hydrogen) atoms. The van der Waals surface area contributed by atoms with Gasteiger partial charge >= 0.3 is 0 Å². The van der Waals surface area contributed by atoms with Crippen LogP contribution in [0.4, 0.5) is 0 Å². The van der Waals surface area contributed by atoms with E-state index in [1.54, 1.807) is 0 Å². The Kier molecular flexibility index (Phi) is 2.49. The van der Waals surface area contributed by atoms with Gasteiger partial charge in [0.2, 0.25) is 0 Å². The Hall–Kier alpha value is -0.860. The summed E-state index contributed by atoms with van der Waals surface area (Å²) in [6, 6.07) is 5.29. The van der Waals surface area contributed by atoms with Gasteiger partial charge in [-0.25, -0.2) is 4.98 Å². The van der Waals surface area contributed by atoms with Crippen LogP contribution in [0.1, 0.15) is 24.8 Å². The van der Waals surface area contributed by atoms with Crippen molar-refractivity contribution in [3.8, 4) is 0 Å². The molecule has 3 heterocycles. The Morgan fingerprint density at radius 2 is 2.25 bits per heavy atom. The van der Waals surface area contributed by atoms with Crippen molar-refractivity contribution >= 4 is 17.2 Å². The molecule has 84 valence electrons. The molecule has 1 saturated heterocycles. The van der Waals surface area contributed by atoms with Crippen molar-refractivity contribution < 1.29 is 0 Å². The van der Waals surface area contributed by atoms with Crippen LogP contribution in [0.15, 0.2) is 24.4 Å². The van der Waals surface area contributed by atoms with E-state index in [4.69, 9.17) is 11.6 Å². The Morgan fingerprint density at radius 1 is 1.38 bits per heavy atom. The minimum absolute atomic E-state index is 0.567. The zero-order valence-corrected chi connectivity index (χ0v) is 10.1. The lowest BCUT2D eigenvalue weighted by Crippen LogP contribution is -2.35. The third-order valence-electron chi connectivity index (χ3n) is 3.87. The van der Waals surface area contributed by atoms with Crippen LogP contribution in [0.3, 0.4) is 0 Å². The van der Waals surface area contributed by atoms with Gasteiger partial charge in [0.05, 0.1) is 0 Å². The first-order chi connectivity index (χ1) is 7.75. The first-order valence-corrected chi connectivity index (χ1v) is 6.17. The second-order valence-electron chi connectivity index (χ2n) is 4.68. The van der Waals surface area contributed by atoms with Gasteiger partial charge in [-0.1, -0.05) is 23.7 Å². The molecule has 2 atom stereocenters. The lowest BCUT2D eigenvalue weighted by Gasteiger charge is -2.31. The molecule has 0 spiro atoms. The number of rotatable bonds is 1. The molecule has 0 aromatic carbocycles. The fraction of sp³-hybridized carbons (Fsp3) is 0.462. The molecule has 2 aliphatic rings. The van der Waals surface area contributed by atoms with Crippen molar-refractivity contribution in [1.82, 2.24) is 9.88 Å². The summed E-state index contributed by atoms with van der Waals surface area (Å²) in [6.07, 6.45) is 8.04.